The van der Waals surface area contributed by atoms with Gasteiger partial charge in [0.2, 0.25) is 0 Å². The highest BCUT2D eigenvalue weighted by atomic mass is 19.4. The Morgan fingerprint density at radius 1 is 1.37 bits per heavy atom. The molecule has 0 saturated heterocycles. The van der Waals surface area contributed by atoms with Crippen molar-refractivity contribution in [2.24, 2.45) is 5.73 Å². The van der Waals surface area contributed by atoms with Gasteiger partial charge in [0, 0.05) is 6.04 Å². The van der Waals surface area contributed by atoms with Crippen LogP contribution in [-0.4, -0.2) is 24.8 Å². The summed E-state index contributed by atoms with van der Waals surface area (Å²) in [5.74, 6) is 0. The van der Waals surface area contributed by atoms with Crippen molar-refractivity contribution >= 4 is 6.03 Å². The third-order valence-electron chi connectivity index (χ3n) is 3.01. The van der Waals surface area contributed by atoms with Crippen LogP contribution in [0.1, 0.15) is 17.2 Å². The van der Waals surface area contributed by atoms with Gasteiger partial charge < -0.3 is 16.4 Å². The van der Waals surface area contributed by atoms with Crippen LogP contribution >= 0.6 is 0 Å². The number of carbonyl (C=O) groups is 1. The topological polar surface area (TPSA) is 67.1 Å². The van der Waals surface area contributed by atoms with Crippen molar-refractivity contribution in [3.8, 4) is 0 Å². The lowest BCUT2D eigenvalue weighted by molar-refractivity contribution is -0.122. The van der Waals surface area contributed by atoms with Crippen LogP contribution in [0.3, 0.4) is 0 Å². The molecule has 1 aliphatic carbocycles. The van der Waals surface area contributed by atoms with Crippen LogP contribution in [0.4, 0.5) is 18.0 Å². The predicted octanol–water partition coefficient (Wildman–Crippen LogP) is 1.47. The summed E-state index contributed by atoms with van der Waals surface area (Å²) in [6.07, 6.45) is -3.83. The van der Waals surface area contributed by atoms with E-state index in [1.54, 1.807) is 11.4 Å². The molecule has 4 N–H and O–H groups in total. The second kappa shape index (κ2) is 5.08. The van der Waals surface area contributed by atoms with Crippen LogP contribution in [0.15, 0.2) is 24.3 Å². The molecule has 2 amide bonds. The number of nitrogens with two attached hydrogens (primary N) is 1. The van der Waals surface area contributed by atoms with E-state index in [2.05, 4.69) is 5.32 Å². The molecule has 2 rings (SSSR count). The van der Waals surface area contributed by atoms with Crippen molar-refractivity contribution < 1.29 is 18.0 Å². The lowest BCUT2D eigenvalue weighted by Crippen LogP contribution is -2.45. The SMILES string of the molecule is NC1Cc2ccccc2C1NC(=O)NCC(F)(F)F. The van der Waals surface area contributed by atoms with Gasteiger partial charge >= 0.3 is 12.2 Å². The minimum absolute atomic E-state index is 0.325. The molecule has 0 fully saturated rings. The highest BCUT2D eigenvalue weighted by Gasteiger charge is 2.32. The molecule has 4 nitrogen and oxygen atoms in total. The molecule has 0 heterocycles. The van der Waals surface area contributed by atoms with Gasteiger partial charge in [-0.1, -0.05) is 24.3 Å². The number of alkyl halides is 3. The van der Waals surface area contributed by atoms with Gasteiger partial charge in [-0.3, -0.25) is 0 Å². The van der Waals surface area contributed by atoms with Crippen molar-refractivity contribution in [2.75, 3.05) is 6.54 Å². The summed E-state index contributed by atoms with van der Waals surface area (Å²) in [5.41, 5.74) is 7.76. The highest BCUT2D eigenvalue weighted by molar-refractivity contribution is 5.74. The van der Waals surface area contributed by atoms with E-state index >= 15 is 0 Å². The molecule has 0 bridgehead atoms. The van der Waals surface area contributed by atoms with E-state index in [1.165, 1.54) is 0 Å². The second-order valence-electron chi connectivity index (χ2n) is 4.49. The fraction of sp³-hybridized carbons (Fsp3) is 0.417. The molecule has 2 atom stereocenters. The molecular weight excluding hydrogens is 259 g/mol. The molecule has 1 aromatic carbocycles. The Morgan fingerprint density at radius 2 is 2.05 bits per heavy atom. The quantitative estimate of drug-likeness (QED) is 0.764. The number of nitrogens with one attached hydrogen (secondary N) is 2. The van der Waals surface area contributed by atoms with E-state index in [0.29, 0.717) is 6.42 Å². The molecular formula is C12H14F3N3O. The number of benzene rings is 1. The van der Waals surface area contributed by atoms with E-state index in [0.717, 1.165) is 11.1 Å². The van der Waals surface area contributed by atoms with Gasteiger partial charge in [0.1, 0.15) is 6.54 Å². The van der Waals surface area contributed by atoms with Crippen LogP contribution in [0.5, 0.6) is 0 Å². The van der Waals surface area contributed by atoms with E-state index < -0.39 is 24.8 Å². The molecule has 0 saturated carbocycles. The normalized spacial score (nSPS) is 21.9. The van der Waals surface area contributed by atoms with Crippen molar-refractivity contribution in [2.45, 2.75) is 24.7 Å². The standard InChI is InChI=1S/C12H14F3N3O/c13-12(14,15)6-17-11(19)18-10-8-4-2-1-3-7(8)5-9(10)16/h1-4,9-10H,5-6,16H2,(H2,17,18,19). The van der Waals surface area contributed by atoms with Crippen LogP contribution < -0.4 is 16.4 Å². The maximum absolute atomic E-state index is 12.0. The Kier molecular flexibility index (Phi) is 3.66. The molecule has 1 aromatic rings. The number of amides is 2. The molecule has 0 radical (unpaired) electrons. The Hall–Kier alpha value is -1.76. The number of fused-ring (bicyclic) bond motifs is 1. The van der Waals surface area contributed by atoms with Gasteiger partial charge in [0.05, 0.1) is 6.04 Å². The molecule has 19 heavy (non-hydrogen) atoms. The van der Waals surface area contributed by atoms with Gasteiger partial charge in [0.15, 0.2) is 0 Å². The number of urea groups is 1. The molecule has 1 aliphatic rings. The van der Waals surface area contributed by atoms with E-state index in [1.807, 2.05) is 18.2 Å². The fourth-order valence-corrected chi connectivity index (χ4v) is 2.18. The maximum Gasteiger partial charge on any atom is 0.405 e. The molecule has 0 aliphatic heterocycles. The van der Waals surface area contributed by atoms with Crippen molar-refractivity contribution in [3.63, 3.8) is 0 Å². The minimum atomic E-state index is -4.42. The van der Waals surface area contributed by atoms with Crippen LogP contribution in [0.25, 0.3) is 0 Å². The summed E-state index contributed by atoms with van der Waals surface area (Å²) in [7, 11) is 0. The lowest BCUT2D eigenvalue weighted by Gasteiger charge is -2.19. The first-order valence-electron chi connectivity index (χ1n) is 5.81. The summed E-state index contributed by atoms with van der Waals surface area (Å²) in [5, 5.41) is 4.25. The second-order valence-corrected chi connectivity index (χ2v) is 4.49. The summed E-state index contributed by atoms with van der Waals surface area (Å²) in [6, 6.07) is 5.73. The van der Waals surface area contributed by atoms with E-state index in [9.17, 15) is 18.0 Å². The lowest BCUT2D eigenvalue weighted by atomic mass is 10.1. The number of rotatable bonds is 2. The van der Waals surface area contributed by atoms with Crippen LogP contribution in [0, 0.1) is 0 Å². The van der Waals surface area contributed by atoms with Crippen molar-refractivity contribution in [1.29, 1.82) is 0 Å². The maximum atomic E-state index is 12.0. The smallest absolute Gasteiger partial charge is 0.330 e. The molecule has 104 valence electrons. The summed E-state index contributed by atoms with van der Waals surface area (Å²) >= 11 is 0. The average Bonchev–Trinajstić information content (AvgIpc) is 2.63. The Labute approximate surface area is 108 Å². The monoisotopic (exact) mass is 273 g/mol. The Balaban J connectivity index is 1.98. The largest absolute Gasteiger partial charge is 0.405 e. The molecule has 7 heteroatoms. The van der Waals surface area contributed by atoms with E-state index in [-0.39, 0.29) is 6.04 Å². The average molecular weight is 273 g/mol. The zero-order valence-electron chi connectivity index (χ0n) is 10.00. The zero-order chi connectivity index (χ0) is 14.0. The van der Waals surface area contributed by atoms with Crippen molar-refractivity contribution in [1.82, 2.24) is 10.6 Å². The highest BCUT2D eigenvalue weighted by Crippen LogP contribution is 2.29. The minimum Gasteiger partial charge on any atom is -0.330 e. The summed E-state index contributed by atoms with van der Waals surface area (Å²) in [6.45, 7) is -1.36. The van der Waals surface area contributed by atoms with Gasteiger partial charge in [-0.05, 0) is 17.5 Å². The molecule has 0 aromatic heterocycles. The first-order valence-corrected chi connectivity index (χ1v) is 5.81. The van der Waals surface area contributed by atoms with Gasteiger partial charge in [-0.2, -0.15) is 13.2 Å². The zero-order valence-corrected chi connectivity index (χ0v) is 10.00. The van der Waals surface area contributed by atoms with Gasteiger partial charge in [0.25, 0.3) is 0 Å². The Bertz CT molecular complexity index is 476. The first kappa shape index (κ1) is 13.7. The predicted molar refractivity (Wildman–Crippen MR) is 63.5 cm³/mol. The molecule has 0 spiro atoms. The summed E-state index contributed by atoms with van der Waals surface area (Å²) < 4.78 is 35.9. The van der Waals surface area contributed by atoms with Crippen LogP contribution in [0.2, 0.25) is 0 Å². The number of carbonyl (C=O) groups excluding carboxylic acids is 1. The molecule has 2 unspecified atom stereocenters. The first-order chi connectivity index (χ1) is 8.87. The Morgan fingerprint density at radius 3 is 2.74 bits per heavy atom. The van der Waals surface area contributed by atoms with E-state index in [4.69, 9.17) is 5.73 Å². The summed E-state index contributed by atoms with van der Waals surface area (Å²) in [4.78, 5) is 11.4. The van der Waals surface area contributed by atoms with Crippen LogP contribution in [-0.2, 0) is 6.42 Å². The third-order valence-corrected chi connectivity index (χ3v) is 3.01. The number of halogens is 3. The number of hydrogen-bond donors (Lipinski definition) is 3. The fourth-order valence-electron chi connectivity index (χ4n) is 2.18. The van der Waals surface area contributed by atoms with Crippen molar-refractivity contribution in [3.05, 3.63) is 35.4 Å². The third kappa shape index (κ3) is 3.37. The van der Waals surface area contributed by atoms with Gasteiger partial charge in [-0.25, -0.2) is 4.79 Å². The van der Waals surface area contributed by atoms with Gasteiger partial charge in [-0.15, -0.1) is 0 Å². The number of hydrogen-bond acceptors (Lipinski definition) is 2.